The van der Waals surface area contributed by atoms with Gasteiger partial charge >= 0.3 is 5.97 Å². The highest BCUT2D eigenvalue weighted by Gasteiger charge is 2.27. The average Bonchev–Trinajstić information content (AvgIpc) is 3.12. The molecule has 28 heavy (non-hydrogen) atoms. The predicted molar refractivity (Wildman–Crippen MR) is 109 cm³/mol. The van der Waals surface area contributed by atoms with Gasteiger partial charge in [0.1, 0.15) is 5.01 Å². The number of nitrogens with one attached hydrogen (secondary N) is 2. The summed E-state index contributed by atoms with van der Waals surface area (Å²) >= 11 is 1.73. The lowest BCUT2D eigenvalue weighted by Gasteiger charge is -2.26. The van der Waals surface area contributed by atoms with Gasteiger partial charge in [0.15, 0.2) is 0 Å². The number of thiazole rings is 1. The predicted octanol–water partition coefficient (Wildman–Crippen LogP) is 3.14. The second-order valence-corrected chi connectivity index (χ2v) is 8.79. The highest BCUT2D eigenvalue weighted by Crippen LogP contribution is 2.32. The Morgan fingerprint density at radius 1 is 1.25 bits per heavy atom. The molecule has 3 N–H and O–H groups in total. The summed E-state index contributed by atoms with van der Waals surface area (Å²) in [6, 6.07) is 5.83. The van der Waals surface area contributed by atoms with Gasteiger partial charge in [-0.25, -0.2) is 4.98 Å². The molecule has 1 amide bonds. The smallest absolute Gasteiger partial charge is 0.306 e. The minimum absolute atomic E-state index is 0.0567. The molecule has 4 rings (SSSR count). The van der Waals surface area contributed by atoms with Crippen LogP contribution in [0.1, 0.15) is 52.2 Å². The Balaban J connectivity index is 1.43. The monoisotopic (exact) mass is 399 g/mol. The molecule has 0 bridgehead atoms. The molecule has 1 fully saturated rings. The van der Waals surface area contributed by atoms with E-state index in [0.29, 0.717) is 18.4 Å². The van der Waals surface area contributed by atoms with E-state index in [1.54, 1.807) is 11.3 Å². The molecule has 1 aromatic carbocycles. The fraction of sp³-hybridized carbons (Fsp3) is 0.476. The molecule has 148 valence electrons. The number of hydrogen-bond donors (Lipinski definition) is 3. The number of carboxylic acid groups (broad SMARTS) is 1. The summed E-state index contributed by atoms with van der Waals surface area (Å²) in [5, 5.41) is 16.6. The molecule has 0 spiro atoms. The van der Waals surface area contributed by atoms with Gasteiger partial charge in [-0.2, -0.15) is 0 Å². The first-order valence-corrected chi connectivity index (χ1v) is 10.7. The van der Waals surface area contributed by atoms with E-state index in [1.165, 1.54) is 10.6 Å². The molecule has 1 aliphatic carbocycles. The van der Waals surface area contributed by atoms with Crippen LogP contribution in [0.4, 0.5) is 0 Å². The third-order valence-corrected chi connectivity index (χ3v) is 6.86. The van der Waals surface area contributed by atoms with Gasteiger partial charge in [-0.3, -0.25) is 9.59 Å². The van der Waals surface area contributed by atoms with Crippen molar-refractivity contribution in [2.24, 2.45) is 5.92 Å². The van der Waals surface area contributed by atoms with Gasteiger partial charge in [-0.15, -0.1) is 11.3 Å². The van der Waals surface area contributed by atoms with Crippen LogP contribution >= 0.6 is 11.3 Å². The second kappa shape index (κ2) is 8.01. The van der Waals surface area contributed by atoms with Crippen LogP contribution in [0.15, 0.2) is 18.2 Å². The maximum atomic E-state index is 12.6. The van der Waals surface area contributed by atoms with Gasteiger partial charge in [0, 0.05) is 41.6 Å². The molecule has 2 heterocycles. The molecule has 2 aromatic rings. The Kier molecular flexibility index (Phi) is 5.46. The average molecular weight is 400 g/mol. The highest BCUT2D eigenvalue weighted by molar-refractivity contribution is 7.15. The minimum Gasteiger partial charge on any atom is -0.481 e. The van der Waals surface area contributed by atoms with E-state index in [-0.39, 0.29) is 17.9 Å². The maximum absolute atomic E-state index is 12.6. The van der Waals surface area contributed by atoms with E-state index in [4.69, 9.17) is 10.1 Å². The first-order valence-electron chi connectivity index (χ1n) is 9.85. The lowest BCUT2D eigenvalue weighted by molar-refractivity contribution is -0.142. The molecule has 6 nitrogen and oxygen atoms in total. The van der Waals surface area contributed by atoms with Crippen LogP contribution in [0.25, 0.3) is 10.6 Å². The van der Waals surface area contributed by atoms with Crippen molar-refractivity contribution in [3.8, 4) is 10.6 Å². The van der Waals surface area contributed by atoms with E-state index in [1.807, 2.05) is 25.1 Å². The lowest BCUT2D eigenvalue weighted by Crippen LogP contribution is -2.38. The number of aromatic nitrogens is 1. The maximum Gasteiger partial charge on any atom is 0.306 e. The lowest BCUT2D eigenvalue weighted by atomic mass is 9.86. The first-order chi connectivity index (χ1) is 13.5. The fourth-order valence-corrected chi connectivity index (χ4v) is 5.21. The van der Waals surface area contributed by atoms with E-state index >= 15 is 0 Å². The fourth-order valence-electron chi connectivity index (χ4n) is 4.04. The number of aliphatic carboxylic acids is 1. The van der Waals surface area contributed by atoms with Crippen LogP contribution in [-0.4, -0.2) is 34.6 Å². The summed E-state index contributed by atoms with van der Waals surface area (Å²) in [4.78, 5) is 29.8. The van der Waals surface area contributed by atoms with Gasteiger partial charge in [-0.1, -0.05) is 6.07 Å². The van der Waals surface area contributed by atoms with Gasteiger partial charge in [0.25, 0.3) is 5.91 Å². The Bertz CT molecular complexity index is 877. The zero-order valence-corrected chi connectivity index (χ0v) is 16.8. The molecular formula is C21H25N3O3S. The number of carbonyl (C=O) groups excluding carboxylic acids is 1. The van der Waals surface area contributed by atoms with Crippen LogP contribution in [0.5, 0.6) is 0 Å². The normalized spacial score (nSPS) is 21.8. The van der Waals surface area contributed by atoms with Crippen molar-refractivity contribution in [3.63, 3.8) is 0 Å². The highest BCUT2D eigenvalue weighted by atomic mass is 32.1. The van der Waals surface area contributed by atoms with E-state index in [0.717, 1.165) is 48.5 Å². The molecule has 0 atom stereocenters. The first kappa shape index (κ1) is 19.1. The van der Waals surface area contributed by atoms with Crippen molar-refractivity contribution < 1.29 is 14.7 Å². The quantitative estimate of drug-likeness (QED) is 0.735. The molecule has 0 radical (unpaired) electrons. The molecule has 1 saturated carbocycles. The summed E-state index contributed by atoms with van der Waals surface area (Å²) in [7, 11) is 0. The number of fused-ring (bicyclic) bond motifs is 1. The Hall–Kier alpha value is -2.25. The van der Waals surface area contributed by atoms with E-state index in [2.05, 4.69) is 10.6 Å². The summed E-state index contributed by atoms with van der Waals surface area (Å²) < 4.78 is 0. The molecule has 0 unspecified atom stereocenters. The third kappa shape index (κ3) is 3.95. The molecule has 2 aliphatic rings. The van der Waals surface area contributed by atoms with Crippen molar-refractivity contribution in [1.82, 2.24) is 15.6 Å². The van der Waals surface area contributed by atoms with E-state index < -0.39 is 5.97 Å². The van der Waals surface area contributed by atoms with Crippen LogP contribution in [0, 0.1) is 12.8 Å². The number of amides is 1. The SMILES string of the molecule is Cc1cc(C(=O)N[C@H]2CC[C@H](C(=O)O)CC2)ccc1-c1nc2c(s1)CNCC2. The minimum atomic E-state index is -0.726. The van der Waals surface area contributed by atoms with E-state index in [9.17, 15) is 9.59 Å². The summed E-state index contributed by atoms with van der Waals surface area (Å²) in [6.45, 7) is 3.88. The number of benzene rings is 1. The van der Waals surface area contributed by atoms with Gasteiger partial charge in [0.05, 0.1) is 11.6 Å². The Morgan fingerprint density at radius 3 is 2.71 bits per heavy atom. The number of aryl methyl sites for hydroxylation is 1. The van der Waals surface area contributed by atoms with Crippen molar-refractivity contribution in [3.05, 3.63) is 39.9 Å². The number of hydrogen-bond acceptors (Lipinski definition) is 5. The molecule has 1 aromatic heterocycles. The summed E-state index contributed by atoms with van der Waals surface area (Å²) in [5.74, 6) is -1.08. The van der Waals surface area contributed by atoms with Crippen LogP contribution < -0.4 is 10.6 Å². The third-order valence-electron chi connectivity index (χ3n) is 5.73. The van der Waals surface area contributed by atoms with Crippen molar-refractivity contribution >= 4 is 23.2 Å². The number of carboxylic acids is 1. The summed E-state index contributed by atoms with van der Waals surface area (Å²) in [6.07, 6.45) is 3.66. The van der Waals surface area contributed by atoms with Crippen LogP contribution in [-0.2, 0) is 17.8 Å². The van der Waals surface area contributed by atoms with Crippen molar-refractivity contribution in [2.75, 3.05) is 6.54 Å². The Labute approximate surface area is 168 Å². The second-order valence-electron chi connectivity index (χ2n) is 7.71. The zero-order chi connectivity index (χ0) is 19.7. The standard InChI is InChI=1S/C21H25N3O3S/c1-12-10-14(19(25)23-15-5-2-13(3-6-15)21(26)27)4-7-16(12)20-24-17-8-9-22-11-18(17)28-20/h4,7,10,13,15,22H,2-3,5-6,8-9,11H2,1H3,(H,23,25)(H,26,27)/t13-,15-. The number of carbonyl (C=O) groups is 2. The number of nitrogens with zero attached hydrogens (tertiary/aromatic N) is 1. The van der Waals surface area contributed by atoms with Crippen LogP contribution in [0.3, 0.4) is 0 Å². The number of rotatable bonds is 4. The molecule has 7 heteroatoms. The van der Waals surface area contributed by atoms with Crippen molar-refractivity contribution in [1.29, 1.82) is 0 Å². The topological polar surface area (TPSA) is 91.3 Å². The van der Waals surface area contributed by atoms with Crippen molar-refractivity contribution in [2.45, 2.75) is 51.6 Å². The Morgan fingerprint density at radius 2 is 2.04 bits per heavy atom. The van der Waals surface area contributed by atoms with Gasteiger partial charge in [0.2, 0.25) is 0 Å². The largest absolute Gasteiger partial charge is 0.481 e. The van der Waals surface area contributed by atoms with Gasteiger partial charge in [-0.05, 0) is 50.3 Å². The summed E-state index contributed by atoms with van der Waals surface area (Å²) in [5.41, 5.74) is 3.96. The zero-order valence-electron chi connectivity index (χ0n) is 16.0. The van der Waals surface area contributed by atoms with Gasteiger partial charge < -0.3 is 15.7 Å². The molecular weight excluding hydrogens is 374 g/mol. The molecule has 1 aliphatic heterocycles. The van der Waals surface area contributed by atoms with Crippen LogP contribution in [0.2, 0.25) is 0 Å². The molecule has 0 saturated heterocycles.